The molecule has 0 aliphatic carbocycles. The van der Waals surface area contributed by atoms with Crippen LogP contribution in [0.3, 0.4) is 0 Å². The molecule has 1 amide bonds. The van der Waals surface area contributed by atoms with E-state index in [2.05, 4.69) is 10.3 Å². The Morgan fingerprint density at radius 2 is 1.94 bits per heavy atom. The molecule has 4 heteroatoms. The molecule has 1 aromatic heterocycles. The van der Waals surface area contributed by atoms with Crippen LogP contribution >= 0.6 is 11.3 Å². The maximum absolute atomic E-state index is 11.8. The van der Waals surface area contributed by atoms with Crippen molar-refractivity contribution in [3.8, 4) is 0 Å². The molecule has 0 aliphatic heterocycles. The van der Waals surface area contributed by atoms with Gasteiger partial charge in [0.25, 0.3) is 5.91 Å². The van der Waals surface area contributed by atoms with Gasteiger partial charge in [-0.3, -0.25) is 4.79 Å². The fourth-order valence-electron chi connectivity index (χ4n) is 1.79. The van der Waals surface area contributed by atoms with Crippen LogP contribution in [0.5, 0.6) is 0 Å². The Balaban J connectivity index is 1.89. The van der Waals surface area contributed by atoms with Gasteiger partial charge < -0.3 is 5.32 Å². The van der Waals surface area contributed by atoms with E-state index < -0.39 is 0 Å². The molecule has 0 radical (unpaired) electrons. The Labute approximate surface area is 108 Å². The molecule has 2 aromatic carbocycles. The molecule has 1 heterocycles. The molecule has 0 bridgehead atoms. The van der Waals surface area contributed by atoms with Crippen LogP contribution in [-0.4, -0.2) is 10.9 Å². The van der Waals surface area contributed by atoms with E-state index in [0.29, 0.717) is 5.69 Å². The number of nitrogens with one attached hydrogen (secondary N) is 1. The van der Waals surface area contributed by atoms with Crippen LogP contribution in [0.4, 0.5) is 5.69 Å². The number of amides is 1. The Morgan fingerprint density at radius 1 is 1.11 bits per heavy atom. The van der Waals surface area contributed by atoms with E-state index in [1.54, 1.807) is 10.9 Å². The molecule has 0 atom stereocenters. The van der Waals surface area contributed by atoms with E-state index in [1.807, 2.05) is 42.5 Å². The van der Waals surface area contributed by atoms with Crippen LogP contribution in [0.1, 0.15) is 10.5 Å². The smallest absolute Gasteiger partial charge is 0.275 e. The highest BCUT2D eigenvalue weighted by atomic mass is 32.1. The second-order valence-electron chi connectivity index (χ2n) is 3.89. The van der Waals surface area contributed by atoms with Crippen molar-refractivity contribution in [2.75, 3.05) is 5.32 Å². The second-order valence-corrected chi connectivity index (χ2v) is 4.61. The van der Waals surface area contributed by atoms with Crippen molar-refractivity contribution in [3.05, 3.63) is 59.0 Å². The van der Waals surface area contributed by atoms with E-state index >= 15 is 0 Å². The molecule has 0 saturated heterocycles. The van der Waals surface area contributed by atoms with E-state index in [-0.39, 0.29) is 5.91 Å². The highest BCUT2D eigenvalue weighted by Gasteiger charge is 2.07. The third-order valence-corrected chi connectivity index (χ3v) is 3.26. The standard InChI is InChI=1S/C14H10N2OS/c17-14(13-8-18-9-15-13)16-12-6-5-10-3-1-2-4-11(10)7-12/h1-9H,(H,16,17). The maximum atomic E-state index is 11.8. The van der Waals surface area contributed by atoms with Gasteiger partial charge in [0.05, 0.1) is 5.51 Å². The third-order valence-electron chi connectivity index (χ3n) is 2.67. The summed E-state index contributed by atoms with van der Waals surface area (Å²) in [5.74, 6) is -0.175. The largest absolute Gasteiger partial charge is 0.321 e. The number of benzene rings is 2. The van der Waals surface area contributed by atoms with Gasteiger partial charge in [-0.25, -0.2) is 4.98 Å². The van der Waals surface area contributed by atoms with Crippen molar-refractivity contribution in [2.45, 2.75) is 0 Å². The van der Waals surface area contributed by atoms with Crippen molar-refractivity contribution < 1.29 is 4.79 Å². The minimum atomic E-state index is -0.175. The summed E-state index contributed by atoms with van der Waals surface area (Å²) in [7, 11) is 0. The molecule has 88 valence electrons. The number of carbonyl (C=O) groups excluding carboxylic acids is 1. The van der Waals surface area contributed by atoms with Crippen LogP contribution in [0.2, 0.25) is 0 Å². The molecule has 3 aromatic rings. The lowest BCUT2D eigenvalue weighted by Crippen LogP contribution is -2.11. The van der Waals surface area contributed by atoms with Gasteiger partial charge in [0.1, 0.15) is 5.69 Å². The summed E-state index contributed by atoms with van der Waals surface area (Å²) in [6.07, 6.45) is 0. The van der Waals surface area contributed by atoms with Crippen LogP contribution in [0.15, 0.2) is 53.4 Å². The fourth-order valence-corrected chi connectivity index (χ4v) is 2.32. The molecular formula is C14H10N2OS. The number of nitrogens with zero attached hydrogens (tertiary/aromatic N) is 1. The lowest BCUT2D eigenvalue weighted by atomic mass is 10.1. The van der Waals surface area contributed by atoms with E-state index in [0.717, 1.165) is 16.5 Å². The summed E-state index contributed by atoms with van der Waals surface area (Å²) in [6.45, 7) is 0. The number of hydrogen-bond donors (Lipinski definition) is 1. The third kappa shape index (κ3) is 2.10. The predicted octanol–water partition coefficient (Wildman–Crippen LogP) is 3.55. The molecule has 0 aliphatic rings. The minimum absolute atomic E-state index is 0.175. The van der Waals surface area contributed by atoms with Gasteiger partial charge in [0, 0.05) is 11.1 Å². The van der Waals surface area contributed by atoms with Gasteiger partial charge in [-0.05, 0) is 22.9 Å². The summed E-state index contributed by atoms with van der Waals surface area (Å²) < 4.78 is 0. The lowest BCUT2D eigenvalue weighted by molar-refractivity contribution is 0.102. The number of aromatic nitrogens is 1. The maximum Gasteiger partial charge on any atom is 0.275 e. The van der Waals surface area contributed by atoms with E-state index in [9.17, 15) is 4.79 Å². The van der Waals surface area contributed by atoms with E-state index in [4.69, 9.17) is 0 Å². The van der Waals surface area contributed by atoms with Gasteiger partial charge in [0.2, 0.25) is 0 Å². The molecule has 0 fully saturated rings. The number of thiazole rings is 1. The highest BCUT2D eigenvalue weighted by Crippen LogP contribution is 2.19. The fraction of sp³-hybridized carbons (Fsp3) is 0. The summed E-state index contributed by atoms with van der Waals surface area (Å²) in [4.78, 5) is 15.8. The molecule has 3 rings (SSSR count). The molecule has 3 nitrogen and oxygen atoms in total. The van der Waals surface area contributed by atoms with Crippen LogP contribution < -0.4 is 5.32 Å². The quantitative estimate of drug-likeness (QED) is 0.760. The highest BCUT2D eigenvalue weighted by molar-refractivity contribution is 7.07. The minimum Gasteiger partial charge on any atom is -0.321 e. The summed E-state index contributed by atoms with van der Waals surface area (Å²) in [6, 6.07) is 13.9. The summed E-state index contributed by atoms with van der Waals surface area (Å²) >= 11 is 1.41. The Kier molecular flexibility index (Phi) is 2.78. The zero-order chi connectivity index (χ0) is 12.4. The predicted molar refractivity (Wildman–Crippen MR) is 74.0 cm³/mol. The van der Waals surface area contributed by atoms with Gasteiger partial charge in [0.15, 0.2) is 0 Å². The van der Waals surface area contributed by atoms with Gasteiger partial charge in [-0.15, -0.1) is 11.3 Å². The average Bonchev–Trinajstić information content (AvgIpc) is 2.92. The van der Waals surface area contributed by atoms with Crippen LogP contribution in [-0.2, 0) is 0 Å². The van der Waals surface area contributed by atoms with Gasteiger partial charge in [-0.2, -0.15) is 0 Å². The average molecular weight is 254 g/mol. The normalized spacial score (nSPS) is 10.4. The first kappa shape index (κ1) is 10.9. The van der Waals surface area contributed by atoms with Crippen molar-refractivity contribution >= 4 is 33.7 Å². The number of anilines is 1. The van der Waals surface area contributed by atoms with Crippen LogP contribution in [0.25, 0.3) is 10.8 Å². The molecule has 18 heavy (non-hydrogen) atoms. The Hall–Kier alpha value is -2.20. The SMILES string of the molecule is O=C(Nc1ccc2ccccc2c1)c1cscn1. The topological polar surface area (TPSA) is 42.0 Å². The molecule has 0 spiro atoms. The van der Waals surface area contributed by atoms with E-state index in [1.165, 1.54) is 11.3 Å². The van der Waals surface area contributed by atoms with Gasteiger partial charge in [-0.1, -0.05) is 30.3 Å². The van der Waals surface area contributed by atoms with Gasteiger partial charge >= 0.3 is 0 Å². The number of fused-ring (bicyclic) bond motifs is 1. The first-order chi connectivity index (χ1) is 8.83. The first-order valence-corrected chi connectivity index (χ1v) is 6.45. The Morgan fingerprint density at radius 3 is 2.72 bits per heavy atom. The number of rotatable bonds is 2. The molecule has 0 saturated carbocycles. The first-order valence-electron chi connectivity index (χ1n) is 5.51. The lowest BCUT2D eigenvalue weighted by Gasteiger charge is -2.04. The zero-order valence-corrected chi connectivity index (χ0v) is 10.3. The molecular weight excluding hydrogens is 244 g/mol. The number of carbonyl (C=O) groups is 1. The summed E-state index contributed by atoms with van der Waals surface area (Å²) in [5.41, 5.74) is 2.88. The zero-order valence-electron chi connectivity index (χ0n) is 9.46. The second kappa shape index (κ2) is 4.58. The van der Waals surface area contributed by atoms with Crippen molar-refractivity contribution in [2.24, 2.45) is 0 Å². The van der Waals surface area contributed by atoms with Crippen molar-refractivity contribution in [3.63, 3.8) is 0 Å². The molecule has 1 N–H and O–H groups in total. The summed E-state index contributed by atoms with van der Waals surface area (Å²) in [5, 5.41) is 6.84. The van der Waals surface area contributed by atoms with Crippen molar-refractivity contribution in [1.82, 2.24) is 4.98 Å². The Bertz CT molecular complexity index is 692. The monoisotopic (exact) mass is 254 g/mol. The van der Waals surface area contributed by atoms with Crippen molar-refractivity contribution in [1.29, 1.82) is 0 Å². The molecule has 0 unspecified atom stereocenters. The van der Waals surface area contributed by atoms with Crippen LogP contribution in [0, 0.1) is 0 Å². The number of hydrogen-bond acceptors (Lipinski definition) is 3.